The molecule has 0 spiro atoms. The summed E-state index contributed by atoms with van der Waals surface area (Å²) in [5.41, 5.74) is -1.42. The second kappa shape index (κ2) is 6.32. The van der Waals surface area contributed by atoms with Gasteiger partial charge in [0.1, 0.15) is 0 Å². The van der Waals surface area contributed by atoms with Gasteiger partial charge in [0.05, 0.1) is 6.54 Å². The van der Waals surface area contributed by atoms with E-state index in [-0.39, 0.29) is 31.8 Å². The Balaban J connectivity index is 1.94. The van der Waals surface area contributed by atoms with Gasteiger partial charge in [-0.05, 0) is 30.2 Å². The number of carbonyl (C=O) groups is 2. The first-order chi connectivity index (χ1) is 9.82. The largest absolute Gasteiger partial charge is 0.479 e. The van der Waals surface area contributed by atoms with E-state index in [1.807, 2.05) is 0 Å². The van der Waals surface area contributed by atoms with Gasteiger partial charge in [-0.25, -0.2) is 9.18 Å². The highest BCUT2D eigenvalue weighted by molar-refractivity contribution is 9.10. The summed E-state index contributed by atoms with van der Waals surface area (Å²) in [6.07, 6.45) is 0.492. The first kappa shape index (κ1) is 16.2. The van der Waals surface area contributed by atoms with Gasteiger partial charge in [-0.1, -0.05) is 27.5 Å². The fraction of sp³-hybridized carbons (Fsp3) is 0.429. The summed E-state index contributed by atoms with van der Waals surface area (Å²) in [4.78, 5) is 24.1. The number of likely N-dealkylation sites (tertiary alicyclic amines) is 1. The fourth-order valence-electron chi connectivity index (χ4n) is 2.29. The molecule has 1 fully saturated rings. The second-order valence-electron chi connectivity index (χ2n) is 5.07. The zero-order chi connectivity index (χ0) is 15.6. The second-order valence-corrected chi connectivity index (χ2v) is 6.36. The number of rotatable bonds is 4. The van der Waals surface area contributed by atoms with E-state index in [0.717, 1.165) is 10.0 Å². The lowest BCUT2D eigenvalue weighted by Gasteiger charge is -2.18. The van der Waals surface area contributed by atoms with Crippen molar-refractivity contribution in [3.05, 3.63) is 33.3 Å². The smallest absolute Gasteiger partial charge is 0.343 e. The van der Waals surface area contributed by atoms with Crippen molar-refractivity contribution in [2.24, 2.45) is 0 Å². The molecule has 1 aromatic carbocycles. The Bertz CT molecular complexity index is 583. The van der Waals surface area contributed by atoms with Crippen LogP contribution in [0.5, 0.6) is 0 Å². The minimum atomic E-state index is -2.31. The molecule has 0 saturated carbocycles. The molecule has 0 radical (unpaired) electrons. The average molecular weight is 379 g/mol. The van der Waals surface area contributed by atoms with Crippen LogP contribution in [0.2, 0.25) is 5.02 Å². The summed E-state index contributed by atoms with van der Waals surface area (Å²) >= 11 is 9.28. The molecule has 1 N–H and O–H groups in total. The van der Waals surface area contributed by atoms with Gasteiger partial charge in [-0.15, -0.1) is 0 Å². The molecule has 1 atom stereocenters. The summed E-state index contributed by atoms with van der Waals surface area (Å²) in [7, 11) is 0. The molecule has 2 rings (SSSR count). The van der Waals surface area contributed by atoms with Gasteiger partial charge in [-0.2, -0.15) is 0 Å². The molecule has 1 aliphatic rings. The molecule has 0 bridgehead atoms. The van der Waals surface area contributed by atoms with Gasteiger partial charge in [0, 0.05) is 28.9 Å². The van der Waals surface area contributed by atoms with E-state index in [1.165, 1.54) is 4.90 Å². The van der Waals surface area contributed by atoms with Crippen LogP contribution in [0.15, 0.2) is 22.7 Å². The fourth-order valence-corrected chi connectivity index (χ4v) is 2.93. The predicted molar refractivity (Wildman–Crippen MR) is 80.1 cm³/mol. The minimum absolute atomic E-state index is 0.137. The summed E-state index contributed by atoms with van der Waals surface area (Å²) in [5.74, 6) is -1.75. The van der Waals surface area contributed by atoms with Crippen molar-refractivity contribution >= 4 is 39.4 Å². The number of aliphatic carboxylic acids is 1. The van der Waals surface area contributed by atoms with E-state index in [4.69, 9.17) is 16.7 Å². The number of amides is 1. The Hall–Kier alpha value is -1.14. The molecule has 1 heterocycles. The van der Waals surface area contributed by atoms with Gasteiger partial charge in [-0.3, -0.25) is 4.79 Å². The maximum atomic E-state index is 13.9. The molecule has 114 valence electrons. The van der Waals surface area contributed by atoms with Crippen LogP contribution < -0.4 is 0 Å². The molecule has 21 heavy (non-hydrogen) atoms. The Labute approximate surface area is 135 Å². The molecule has 0 aromatic heterocycles. The number of aryl methyl sites for hydroxylation is 1. The lowest BCUT2D eigenvalue weighted by Crippen LogP contribution is -2.38. The third kappa shape index (κ3) is 3.74. The van der Waals surface area contributed by atoms with E-state index in [0.29, 0.717) is 11.4 Å². The first-order valence-electron chi connectivity index (χ1n) is 6.46. The van der Waals surface area contributed by atoms with Gasteiger partial charge in [0.25, 0.3) is 0 Å². The van der Waals surface area contributed by atoms with Crippen molar-refractivity contribution in [1.29, 1.82) is 0 Å². The Kier molecular flexibility index (Phi) is 4.88. The van der Waals surface area contributed by atoms with Crippen molar-refractivity contribution in [3.63, 3.8) is 0 Å². The SMILES string of the molecule is O=C(CCc1cc(Cl)ccc1Br)N1CCC(F)(C(=O)O)C1. The van der Waals surface area contributed by atoms with Crippen LogP contribution in [0.4, 0.5) is 4.39 Å². The topological polar surface area (TPSA) is 57.6 Å². The average Bonchev–Trinajstić information content (AvgIpc) is 2.84. The number of hydrogen-bond donors (Lipinski definition) is 1. The van der Waals surface area contributed by atoms with Crippen LogP contribution in [0.3, 0.4) is 0 Å². The number of nitrogens with zero attached hydrogens (tertiary/aromatic N) is 1. The van der Waals surface area contributed by atoms with Crippen molar-refractivity contribution in [2.45, 2.75) is 24.9 Å². The van der Waals surface area contributed by atoms with Crippen molar-refractivity contribution < 1.29 is 19.1 Å². The zero-order valence-corrected chi connectivity index (χ0v) is 13.5. The molecular weight excluding hydrogens is 365 g/mol. The van der Waals surface area contributed by atoms with E-state index in [9.17, 15) is 14.0 Å². The van der Waals surface area contributed by atoms with E-state index >= 15 is 0 Å². The lowest BCUT2D eigenvalue weighted by atomic mass is 10.1. The number of carbonyl (C=O) groups excluding carboxylic acids is 1. The summed E-state index contributed by atoms with van der Waals surface area (Å²) in [5, 5.41) is 9.39. The number of hydrogen-bond acceptors (Lipinski definition) is 2. The Morgan fingerprint density at radius 3 is 2.81 bits per heavy atom. The number of carboxylic acids is 1. The normalized spacial score (nSPS) is 21.6. The van der Waals surface area contributed by atoms with Gasteiger partial charge < -0.3 is 10.0 Å². The van der Waals surface area contributed by atoms with Crippen molar-refractivity contribution in [3.8, 4) is 0 Å². The number of alkyl halides is 1. The number of benzene rings is 1. The highest BCUT2D eigenvalue weighted by Gasteiger charge is 2.46. The molecule has 1 unspecified atom stereocenters. The van der Waals surface area contributed by atoms with Gasteiger partial charge >= 0.3 is 5.97 Å². The van der Waals surface area contributed by atoms with Crippen LogP contribution in [-0.2, 0) is 16.0 Å². The highest BCUT2D eigenvalue weighted by atomic mass is 79.9. The zero-order valence-electron chi connectivity index (χ0n) is 11.1. The van der Waals surface area contributed by atoms with Crippen molar-refractivity contribution in [2.75, 3.05) is 13.1 Å². The van der Waals surface area contributed by atoms with E-state index in [2.05, 4.69) is 15.9 Å². The molecular formula is C14H14BrClFNO3. The van der Waals surface area contributed by atoms with Gasteiger partial charge in [0.15, 0.2) is 0 Å². The monoisotopic (exact) mass is 377 g/mol. The number of halogens is 3. The van der Waals surface area contributed by atoms with E-state index < -0.39 is 11.6 Å². The molecule has 7 heteroatoms. The third-order valence-electron chi connectivity index (χ3n) is 3.57. The maximum Gasteiger partial charge on any atom is 0.343 e. The standard InChI is InChI=1S/C14H14BrClFNO3/c15-11-3-2-10(16)7-9(11)1-4-12(19)18-6-5-14(17,8-18)13(20)21/h2-3,7H,1,4-6,8H2,(H,20,21). The maximum absolute atomic E-state index is 13.9. The minimum Gasteiger partial charge on any atom is -0.479 e. The molecule has 0 aliphatic carbocycles. The first-order valence-corrected chi connectivity index (χ1v) is 7.63. The van der Waals surface area contributed by atoms with E-state index in [1.54, 1.807) is 18.2 Å². The summed E-state index contributed by atoms with van der Waals surface area (Å²) in [6, 6.07) is 5.30. The molecule has 1 aliphatic heterocycles. The highest BCUT2D eigenvalue weighted by Crippen LogP contribution is 2.27. The summed E-state index contributed by atoms with van der Waals surface area (Å²) in [6.45, 7) is -0.240. The predicted octanol–water partition coefficient (Wildman–Crippen LogP) is 3.06. The van der Waals surface area contributed by atoms with Gasteiger partial charge in [0.2, 0.25) is 11.6 Å². The van der Waals surface area contributed by atoms with Crippen LogP contribution in [0.25, 0.3) is 0 Å². The quantitative estimate of drug-likeness (QED) is 0.876. The Morgan fingerprint density at radius 1 is 1.48 bits per heavy atom. The molecule has 4 nitrogen and oxygen atoms in total. The van der Waals surface area contributed by atoms with Crippen LogP contribution in [0.1, 0.15) is 18.4 Å². The number of carboxylic acid groups (broad SMARTS) is 1. The Morgan fingerprint density at radius 2 is 2.19 bits per heavy atom. The lowest BCUT2D eigenvalue weighted by molar-refractivity contribution is -0.150. The molecule has 1 saturated heterocycles. The van der Waals surface area contributed by atoms with Crippen molar-refractivity contribution in [1.82, 2.24) is 4.90 Å². The molecule has 1 aromatic rings. The molecule has 1 amide bonds. The third-order valence-corrected chi connectivity index (χ3v) is 4.58. The van der Waals surface area contributed by atoms with Crippen LogP contribution in [0, 0.1) is 0 Å². The van der Waals surface area contributed by atoms with Crippen LogP contribution in [-0.4, -0.2) is 40.6 Å². The van der Waals surface area contributed by atoms with Crippen LogP contribution >= 0.6 is 27.5 Å². The summed E-state index contributed by atoms with van der Waals surface area (Å²) < 4.78 is 14.8.